The van der Waals surface area contributed by atoms with Gasteiger partial charge in [-0.2, -0.15) is 0 Å². The molecule has 0 aliphatic carbocycles. The van der Waals surface area contributed by atoms with E-state index in [2.05, 4.69) is 0 Å². The van der Waals surface area contributed by atoms with Gasteiger partial charge in [0.05, 0.1) is 6.61 Å². The molecule has 0 spiro atoms. The molecular formula is C12H17FN2O4S. The smallest absolute Gasteiger partial charge is 0.253 e. The number of amides is 1. The van der Waals surface area contributed by atoms with Crippen molar-refractivity contribution in [3.8, 4) is 0 Å². The van der Waals surface area contributed by atoms with Crippen LogP contribution in [0.4, 0.5) is 4.39 Å². The van der Waals surface area contributed by atoms with Crippen LogP contribution in [0.3, 0.4) is 0 Å². The summed E-state index contributed by atoms with van der Waals surface area (Å²) in [4.78, 5) is 12.7. The summed E-state index contributed by atoms with van der Waals surface area (Å²) < 4.78 is 40.9. The van der Waals surface area contributed by atoms with Crippen molar-refractivity contribution in [3.63, 3.8) is 0 Å². The van der Waals surface area contributed by atoms with E-state index in [0.717, 1.165) is 12.1 Å². The Morgan fingerprint density at radius 1 is 1.45 bits per heavy atom. The Morgan fingerprint density at radius 3 is 2.65 bits per heavy atom. The van der Waals surface area contributed by atoms with Gasteiger partial charge in [-0.05, 0) is 25.1 Å². The van der Waals surface area contributed by atoms with Crippen LogP contribution in [0.2, 0.25) is 0 Å². The zero-order chi connectivity index (χ0) is 15.3. The van der Waals surface area contributed by atoms with Gasteiger partial charge in [0, 0.05) is 25.8 Å². The fraction of sp³-hybridized carbons (Fsp3) is 0.417. The van der Waals surface area contributed by atoms with Crippen LogP contribution in [0.25, 0.3) is 0 Å². The van der Waals surface area contributed by atoms with Crippen LogP contribution in [0.15, 0.2) is 23.1 Å². The fourth-order valence-corrected chi connectivity index (χ4v) is 2.15. The third kappa shape index (κ3) is 4.26. The van der Waals surface area contributed by atoms with Crippen LogP contribution < -0.4 is 5.14 Å². The van der Waals surface area contributed by atoms with E-state index in [1.807, 2.05) is 6.92 Å². The average Bonchev–Trinajstić information content (AvgIpc) is 2.37. The predicted molar refractivity (Wildman–Crippen MR) is 71.2 cm³/mol. The number of sulfonamides is 1. The number of ether oxygens (including phenoxy) is 1. The summed E-state index contributed by atoms with van der Waals surface area (Å²) in [5.74, 6) is -1.42. The van der Waals surface area contributed by atoms with Crippen molar-refractivity contribution in [1.82, 2.24) is 4.90 Å². The molecule has 0 fully saturated rings. The van der Waals surface area contributed by atoms with Crippen LogP contribution in [0, 0.1) is 5.82 Å². The molecule has 0 aromatic heterocycles. The molecule has 8 heteroatoms. The van der Waals surface area contributed by atoms with Crippen LogP contribution in [0.1, 0.15) is 17.3 Å². The highest BCUT2D eigenvalue weighted by Crippen LogP contribution is 2.16. The lowest BCUT2D eigenvalue weighted by Gasteiger charge is -2.17. The quantitative estimate of drug-likeness (QED) is 0.779. The molecule has 20 heavy (non-hydrogen) atoms. The summed E-state index contributed by atoms with van der Waals surface area (Å²) in [7, 11) is -2.66. The Labute approximate surface area is 117 Å². The molecule has 1 aromatic rings. The van der Waals surface area contributed by atoms with Gasteiger partial charge in [-0.25, -0.2) is 17.9 Å². The van der Waals surface area contributed by atoms with Crippen molar-refractivity contribution < 1.29 is 22.3 Å². The first-order valence-corrected chi connectivity index (χ1v) is 7.47. The molecule has 0 saturated heterocycles. The number of likely N-dealkylation sites (N-methyl/N-ethyl adjacent to an activating group) is 1. The third-order valence-electron chi connectivity index (χ3n) is 2.61. The highest BCUT2D eigenvalue weighted by atomic mass is 32.2. The van der Waals surface area contributed by atoms with Gasteiger partial charge in [-0.3, -0.25) is 4.79 Å². The van der Waals surface area contributed by atoms with Gasteiger partial charge in [-0.1, -0.05) is 0 Å². The summed E-state index contributed by atoms with van der Waals surface area (Å²) in [6.07, 6.45) is 0. The summed E-state index contributed by atoms with van der Waals surface area (Å²) in [5, 5.41) is 4.89. The number of halogens is 1. The maximum atomic E-state index is 13.4. The van der Waals surface area contributed by atoms with Gasteiger partial charge < -0.3 is 9.64 Å². The summed E-state index contributed by atoms with van der Waals surface area (Å²) in [6, 6.07) is 3.05. The lowest BCUT2D eigenvalue weighted by molar-refractivity contribution is 0.0709. The number of hydrogen-bond acceptors (Lipinski definition) is 4. The third-order valence-corrected chi connectivity index (χ3v) is 3.53. The summed E-state index contributed by atoms with van der Waals surface area (Å²) in [6.45, 7) is 3.07. The number of hydrogen-bond donors (Lipinski definition) is 1. The molecule has 0 aliphatic rings. The lowest BCUT2D eigenvalue weighted by atomic mass is 10.2. The predicted octanol–water partition coefficient (Wildman–Crippen LogP) is 0.582. The zero-order valence-electron chi connectivity index (χ0n) is 11.3. The van der Waals surface area contributed by atoms with Crippen molar-refractivity contribution in [2.75, 3.05) is 26.8 Å². The minimum atomic E-state index is -4.21. The van der Waals surface area contributed by atoms with E-state index in [9.17, 15) is 17.6 Å². The van der Waals surface area contributed by atoms with Crippen LogP contribution in [0.5, 0.6) is 0 Å². The largest absolute Gasteiger partial charge is 0.380 e. The lowest BCUT2D eigenvalue weighted by Crippen LogP contribution is -2.30. The molecule has 0 saturated carbocycles. The molecule has 0 bridgehead atoms. The fourth-order valence-electron chi connectivity index (χ4n) is 1.52. The molecule has 1 amide bonds. The first-order chi connectivity index (χ1) is 9.27. The minimum absolute atomic E-state index is 0.0504. The average molecular weight is 304 g/mol. The van der Waals surface area contributed by atoms with Gasteiger partial charge in [0.2, 0.25) is 10.0 Å². The molecule has 112 valence electrons. The van der Waals surface area contributed by atoms with Gasteiger partial charge in [0.1, 0.15) is 10.7 Å². The summed E-state index contributed by atoms with van der Waals surface area (Å²) in [5.41, 5.74) is 0.0504. The van der Waals surface area contributed by atoms with E-state index >= 15 is 0 Å². The van der Waals surface area contributed by atoms with Gasteiger partial charge >= 0.3 is 0 Å². The van der Waals surface area contributed by atoms with Crippen LogP contribution in [-0.4, -0.2) is 46.0 Å². The van der Waals surface area contributed by atoms with Crippen molar-refractivity contribution in [1.29, 1.82) is 0 Å². The number of rotatable bonds is 6. The van der Waals surface area contributed by atoms with E-state index in [0.29, 0.717) is 19.8 Å². The first-order valence-electron chi connectivity index (χ1n) is 5.93. The van der Waals surface area contributed by atoms with E-state index in [1.165, 1.54) is 11.0 Å². The van der Waals surface area contributed by atoms with Crippen molar-refractivity contribution in [2.24, 2.45) is 5.14 Å². The Kier molecular flexibility index (Phi) is 5.61. The Morgan fingerprint density at radius 2 is 2.10 bits per heavy atom. The highest BCUT2D eigenvalue weighted by molar-refractivity contribution is 7.89. The van der Waals surface area contributed by atoms with E-state index in [-0.39, 0.29) is 5.56 Å². The van der Waals surface area contributed by atoms with Crippen molar-refractivity contribution >= 4 is 15.9 Å². The number of nitrogens with zero attached hydrogens (tertiary/aromatic N) is 1. The van der Waals surface area contributed by atoms with Gasteiger partial charge in [0.25, 0.3) is 5.91 Å². The number of benzene rings is 1. The maximum absolute atomic E-state index is 13.4. The Balaban J connectivity index is 2.94. The molecule has 0 radical (unpaired) electrons. The molecule has 0 unspecified atom stereocenters. The second-order valence-corrected chi connectivity index (χ2v) is 5.64. The normalized spacial score (nSPS) is 11.4. The van der Waals surface area contributed by atoms with Crippen molar-refractivity contribution in [2.45, 2.75) is 11.8 Å². The number of nitrogens with two attached hydrogens (primary N) is 1. The van der Waals surface area contributed by atoms with E-state index in [4.69, 9.17) is 9.88 Å². The van der Waals surface area contributed by atoms with Crippen molar-refractivity contribution in [3.05, 3.63) is 29.6 Å². The monoisotopic (exact) mass is 304 g/mol. The highest BCUT2D eigenvalue weighted by Gasteiger charge is 2.19. The number of carbonyl (C=O) groups excluding carboxylic acids is 1. The van der Waals surface area contributed by atoms with Crippen LogP contribution in [-0.2, 0) is 14.8 Å². The molecule has 2 N–H and O–H groups in total. The van der Waals surface area contributed by atoms with Crippen LogP contribution >= 0.6 is 0 Å². The topological polar surface area (TPSA) is 89.7 Å². The van der Waals surface area contributed by atoms with Gasteiger partial charge in [0.15, 0.2) is 0 Å². The molecule has 0 heterocycles. The molecule has 6 nitrogen and oxygen atoms in total. The number of primary sulfonamides is 1. The minimum Gasteiger partial charge on any atom is -0.380 e. The molecule has 0 atom stereocenters. The molecule has 1 rings (SSSR count). The van der Waals surface area contributed by atoms with E-state index < -0.39 is 26.6 Å². The maximum Gasteiger partial charge on any atom is 0.253 e. The molecule has 0 aliphatic heterocycles. The number of carbonyl (C=O) groups is 1. The Bertz CT molecular complexity index is 589. The Hall–Kier alpha value is -1.51. The first kappa shape index (κ1) is 16.5. The molecular weight excluding hydrogens is 287 g/mol. The zero-order valence-corrected chi connectivity index (χ0v) is 12.1. The SMILES string of the molecule is CCOCCN(C)C(=O)c1ccc(F)c(S(N)(=O)=O)c1. The van der Waals surface area contributed by atoms with E-state index in [1.54, 1.807) is 7.05 Å². The second kappa shape index (κ2) is 6.78. The second-order valence-electron chi connectivity index (χ2n) is 4.11. The standard InChI is InChI=1S/C12H17FN2O4S/c1-3-19-7-6-15(2)12(16)9-4-5-10(13)11(8-9)20(14,17)18/h4-5,8H,3,6-7H2,1-2H3,(H2,14,17,18). The summed E-state index contributed by atoms with van der Waals surface area (Å²) >= 11 is 0. The van der Waals surface area contributed by atoms with Gasteiger partial charge in [-0.15, -0.1) is 0 Å². The molecule has 1 aromatic carbocycles.